The van der Waals surface area contributed by atoms with Crippen LogP contribution in [0.1, 0.15) is 37.5 Å². The highest BCUT2D eigenvalue weighted by molar-refractivity contribution is 6.26. The van der Waals surface area contributed by atoms with E-state index < -0.39 is 17.3 Å². The van der Waals surface area contributed by atoms with Crippen molar-refractivity contribution < 1.29 is 28.5 Å². The highest BCUT2D eigenvalue weighted by Crippen LogP contribution is 2.50. The van der Waals surface area contributed by atoms with E-state index in [0.717, 1.165) is 5.56 Å². The summed E-state index contributed by atoms with van der Waals surface area (Å²) in [5.41, 5.74) is 0.105. The quantitative estimate of drug-likeness (QED) is 0.340. The average molecular weight is 475 g/mol. The second kappa shape index (κ2) is 12.1. The normalized spacial score (nSPS) is 14.9. The maximum absolute atomic E-state index is 12.5. The van der Waals surface area contributed by atoms with Gasteiger partial charge in [-0.15, -0.1) is 0 Å². The van der Waals surface area contributed by atoms with Crippen LogP contribution in [0.4, 0.5) is 0 Å². The predicted octanol–water partition coefficient (Wildman–Crippen LogP) is 3.75. The van der Waals surface area contributed by atoms with Gasteiger partial charge in [-0.3, -0.25) is 0 Å². The van der Waals surface area contributed by atoms with Gasteiger partial charge in [0.15, 0.2) is 6.79 Å². The summed E-state index contributed by atoms with van der Waals surface area (Å²) in [5.74, 6) is 0.193. The first kappa shape index (κ1) is 26.7. The van der Waals surface area contributed by atoms with Crippen LogP contribution in [-0.2, 0) is 25.8 Å². The van der Waals surface area contributed by atoms with Crippen molar-refractivity contribution in [2.75, 3.05) is 13.9 Å². The maximum atomic E-state index is 12.5. The van der Waals surface area contributed by atoms with Gasteiger partial charge in [-0.05, 0) is 30.3 Å². The Morgan fingerprint density at radius 3 is 2.09 bits per heavy atom. The number of hydrogen-bond acceptors (Lipinski definition) is 6. The fourth-order valence-electron chi connectivity index (χ4n) is 3.82. The molecule has 0 aromatic heterocycles. The van der Waals surface area contributed by atoms with Crippen molar-refractivity contribution in [3.63, 3.8) is 0 Å². The van der Waals surface area contributed by atoms with E-state index in [1.807, 2.05) is 82.4 Å². The number of hydrogen-bond donors (Lipinski definition) is 2. The van der Waals surface area contributed by atoms with Crippen molar-refractivity contribution in [3.8, 4) is 5.75 Å². The van der Waals surface area contributed by atoms with Crippen molar-refractivity contribution in [2.45, 2.75) is 52.4 Å². The maximum Gasteiger partial charge on any atom is 0.229 e. The van der Waals surface area contributed by atoms with E-state index in [-0.39, 0.29) is 38.8 Å². The summed E-state index contributed by atoms with van der Waals surface area (Å²) >= 11 is 0. The van der Waals surface area contributed by atoms with Crippen LogP contribution in [-0.4, -0.2) is 49.9 Å². The summed E-state index contributed by atoms with van der Waals surface area (Å²) < 4.78 is 22.9. The molecule has 0 saturated carbocycles. The number of aliphatic hydroxyl groups is 2. The summed E-state index contributed by atoms with van der Waals surface area (Å²) in [5, 5.41) is 22.0. The summed E-state index contributed by atoms with van der Waals surface area (Å²) in [7, 11) is 2.07. The third kappa shape index (κ3) is 5.69. The number of benzene rings is 2. The minimum atomic E-state index is -1.43. The van der Waals surface area contributed by atoms with Crippen molar-refractivity contribution in [2.24, 2.45) is 11.3 Å². The van der Waals surface area contributed by atoms with Crippen LogP contribution < -0.4 is 4.74 Å². The molecule has 0 fully saturated rings. The Kier molecular flexibility index (Phi) is 10.1. The monoisotopic (exact) mass is 474 g/mol. The lowest BCUT2D eigenvalue weighted by Gasteiger charge is -2.47. The molecule has 2 atom stereocenters. The zero-order chi connectivity index (χ0) is 23.8. The molecule has 2 N–H and O–H groups in total. The molecule has 4 radical (unpaired) electrons. The van der Waals surface area contributed by atoms with Gasteiger partial charge in [-0.25, -0.2) is 0 Å². The standard InChI is InChI=1S/C24H34O6Si2/c1-17(23(2,3)22(29-31-5)30-32-6)24(26,19-13-11-18(15-25)12-14-19)20-9-7-8-10-21(20)28-16-27-4/h7-14,17,22,25-26H,15-16H2,1-6H3/t17-,24?/m0/s1. The molecule has 2 rings (SSSR count). The van der Waals surface area contributed by atoms with Gasteiger partial charge in [-0.2, -0.15) is 0 Å². The second-order valence-electron chi connectivity index (χ2n) is 8.19. The second-order valence-corrected chi connectivity index (χ2v) is 9.48. The van der Waals surface area contributed by atoms with E-state index in [9.17, 15) is 10.2 Å². The molecule has 0 amide bonds. The molecule has 6 nitrogen and oxygen atoms in total. The van der Waals surface area contributed by atoms with E-state index in [4.69, 9.17) is 18.3 Å². The van der Waals surface area contributed by atoms with Crippen LogP contribution >= 0.6 is 0 Å². The van der Waals surface area contributed by atoms with Gasteiger partial charge in [-0.1, -0.05) is 63.2 Å². The van der Waals surface area contributed by atoms with E-state index in [1.165, 1.54) is 0 Å². The highest BCUT2D eigenvalue weighted by Gasteiger charge is 2.50. The molecule has 0 heterocycles. The van der Waals surface area contributed by atoms with Gasteiger partial charge in [0.25, 0.3) is 0 Å². The zero-order valence-corrected chi connectivity index (χ0v) is 21.7. The van der Waals surface area contributed by atoms with E-state index in [0.29, 0.717) is 16.9 Å². The van der Waals surface area contributed by atoms with Crippen LogP contribution in [0.3, 0.4) is 0 Å². The van der Waals surface area contributed by atoms with E-state index >= 15 is 0 Å². The molecule has 1 unspecified atom stereocenters. The molecule has 0 bridgehead atoms. The number of ether oxygens (including phenoxy) is 2. The lowest BCUT2D eigenvalue weighted by Crippen LogP contribution is -2.50. The third-order valence-corrected chi connectivity index (χ3v) is 6.91. The van der Waals surface area contributed by atoms with Crippen LogP contribution in [0.15, 0.2) is 48.5 Å². The average Bonchev–Trinajstić information content (AvgIpc) is 2.81. The number of methoxy groups -OCH3 is 1. The van der Waals surface area contributed by atoms with Gasteiger partial charge in [0.1, 0.15) is 17.6 Å². The van der Waals surface area contributed by atoms with Crippen LogP contribution in [0, 0.1) is 11.3 Å². The Morgan fingerprint density at radius 2 is 1.56 bits per heavy atom. The molecule has 174 valence electrons. The molecule has 0 aliphatic rings. The number of rotatable bonds is 13. The predicted molar refractivity (Wildman–Crippen MR) is 126 cm³/mol. The zero-order valence-electron chi connectivity index (χ0n) is 19.7. The van der Waals surface area contributed by atoms with E-state index in [1.54, 1.807) is 7.11 Å². The van der Waals surface area contributed by atoms with Gasteiger partial charge >= 0.3 is 0 Å². The molecular weight excluding hydrogens is 440 g/mol. The van der Waals surface area contributed by atoms with E-state index in [2.05, 4.69) is 0 Å². The number of aliphatic hydroxyl groups excluding tert-OH is 1. The van der Waals surface area contributed by atoms with Gasteiger partial charge in [0, 0.05) is 24.0 Å². The van der Waals surface area contributed by atoms with Crippen LogP contribution in [0.5, 0.6) is 5.75 Å². The minimum absolute atomic E-state index is 0.0636. The Hall–Kier alpha value is -1.53. The lowest BCUT2D eigenvalue weighted by atomic mass is 9.64. The van der Waals surface area contributed by atoms with Crippen molar-refractivity contribution in [3.05, 3.63) is 65.2 Å². The Balaban J connectivity index is 2.68. The first-order chi connectivity index (χ1) is 15.3. The SMILES string of the molecule is COCOc1ccccc1C(O)(c1ccc(CO)cc1)[C@@H](C)C(C)(C)C(O[Si]C)O[Si]C. The molecule has 8 heteroatoms. The topological polar surface area (TPSA) is 77.4 Å². The molecule has 0 aliphatic carbocycles. The largest absolute Gasteiger partial charge is 0.467 e. The van der Waals surface area contributed by atoms with Crippen molar-refractivity contribution in [1.82, 2.24) is 0 Å². The number of para-hydroxylation sites is 1. The molecular formula is C24H34O6Si2. The van der Waals surface area contributed by atoms with Crippen molar-refractivity contribution >= 4 is 19.5 Å². The fraction of sp³-hybridized carbons (Fsp3) is 0.500. The van der Waals surface area contributed by atoms with Gasteiger partial charge in [0.05, 0.1) is 6.61 Å². The summed E-state index contributed by atoms with van der Waals surface area (Å²) in [4.78, 5) is 0. The summed E-state index contributed by atoms with van der Waals surface area (Å²) in [6.07, 6.45) is -0.487. The molecule has 32 heavy (non-hydrogen) atoms. The summed E-state index contributed by atoms with van der Waals surface area (Å²) in [6.45, 7) is 10.0. The Bertz CT molecular complexity index is 823. The molecule has 2 aromatic rings. The van der Waals surface area contributed by atoms with Gasteiger partial charge in [0.2, 0.25) is 19.5 Å². The Morgan fingerprint density at radius 1 is 0.969 bits per heavy atom. The van der Waals surface area contributed by atoms with Gasteiger partial charge < -0.3 is 28.5 Å². The van der Waals surface area contributed by atoms with Crippen LogP contribution in [0.2, 0.25) is 13.1 Å². The highest BCUT2D eigenvalue weighted by atomic mass is 28.2. The third-order valence-electron chi connectivity index (χ3n) is 6.01. The first-order valence-corrected chi connectivity index (χ1v) is 13.4. The Labute approximate surface area is 196 Å². The molecule has 0 aliphatic heterocycles. The fourth-order valence-corrected chi connectivity index (χ4v) is 5.05. The van der Waals surface area contributed by atoms with Crippen molar-refractivity contribution in [1.29, 1.82) is 0 Å². The molecule has 0 saturated heterocycles. The smallest absolute Gasteiger partial charge is 0.229 e. The van der Waals surface area contributed by atoms with Crippen LogP contribution in [0.25, 0.3) is 0 Å². The lowest BCUT2D eigenvalue weighted by molar-refractivity contribution is -0.144. The molecule has 0 spiro atoms. The summed E-state index contributed by atoms with van der Waals surface area (Å²) in [6, 6.07) is 14.8. The molecule has 2 aromatic carbocycles. The first-order valence-electron chi connectivity index (χ1n) is 10.6. The minimum Gasteiger partial charge on any atom is -0.467 e.